The molecule has 0 aliphatic carbocycles. The molecule has 2 amide bonds. The smallest absolute Gasteiger partial charge is 0.418 e. The van der Waals surface area contributed by atoms with E-state index in [1.54, 1.807) is 19.1 Å². The molecule has 1 unspecified atom stereocenters. The summed E-state index contributed by atoms with van der Waals surface area (Å²) in [5, 5.41) is 2.38. The summed E-state index contributed by atoms with van der Waals surface area (Å²) in [6, 6.07) is 9.67. The molecule has 3 rings (SSSR count). The van der Waals surface area contributed by atoms with Crippen molar-refractivity contribution in [2.24, 2.45) is 0 Å². The number of amides is 2. The van der Waals surface area contributed by atoms with Gasteiger partial charge in [-0.1, -0.05) is 18.2 Å². The number of carbonyl (C=O) groups is 1. The highest BCUT2D eigenvalue weighted by atomic mass is 19.4. The number of anilines is 2. The summed E-state index contributed by atoms with van der Waals surface area (Å²) in [6.07, 6.45) is -4.81. The van der Waals surface area contributed by atoms with Gasteiger partial charge in [0.15, 0.2) is 0 Å². The molecule has 4 nitrogen and oxygen atoms in total. The van der Waals surface area contributed by atoms with Crippen LogP contribution in [0.5, 0.6) is 5.75 Å². The molecule has 1 aliphatic rings. The Bertz CT molecular complexity index is 805. The number of hydrogen-bond acceptors (Lipinski definition) is 2. The summed E-state index contributed by atoms with van der Waals surface area (Å²) < 4.78 is 45.0. The van der Waals surface area contributed by atoms with Gasteiger partial charge >= 0.3 is 12.2 Å². The summed E-state index contributed by atoms with van der Waals surface area (Å²) in [5.74, 6) is 0.531. The van der Waals surface area contributed by atoms with Crippen LogP contribution in [0.2, 0.25) is 0 Å². The lowest BCUT2D eigenvalue weighted by Crippen LogP contribution is -2.44. The first-order valence-electron chi connectivity index (χ1n) is 7.78. The highest BCUT2D eigenvalue weighted by Gasteiger charge is 2.35. The number of alkyl halides is 3. The predicted molar refractivity (Wildman–Crippen MR) is 89.1 cm³/mol. The van der Waals surface area contributed by atoms with Gasteiger partial charge in [0.1, 0.15) is 11.9 Å². The van der Waals surface area contributed by atoms with Gasteiger partial charge in [0.05, 0.1) is 23.5 Å². The minimum atomic E-state index is -4.54. The van der Waals surface area contributed by atoms with Gasteiger partial charge in [0.25, 0.3) is 0 Å². The zero-order valence-electron chi connectivity index (χ0n) is 13.7. The topological polar surface area (TPSA) is 41.6 Å². The number of ether oxygens (including phenoxy) is 1. The summed E-state index contributed by atoms with van der Waals surface area (Å²) in [5.41, 5.74) is 0.313. The first kappa shape index (κ1) is 17.1. The van der Waals surface area contributed by atoms with E-state index >= 15 is 0 Å². The highest BCUT2D eigenvalue weighted by molar-refractivity contribution is 6.03. The molecular weight excluding hydrogens is 333 g/mol. The zero-order valence-corrected chi connectivity index (χ0v) is 13.7. The van der Waals surface area contributed by atoms with Gasteiger partial charge in [-0.15, -0.1) is 0 Å². The van der Waals surface area contributed by atoms with E-state index in [2.05, 4.69) is 5.32 Å². The van der Waals surface area contributed by atoms with Gasteiger partial charge < -0.3 is 10.1 Å². The van der Waals surface area contributed by atoms with E-state index in [1.165, 1.54) is 23.1 Å². The average molecular weight is 350 g/mol. The maximum atomic E-state index is 13.1. The average Bonchev–Trinajstić information content (AvgIpc) is 2.54. The van der Waals surface area contributed by atoms with Crippen molar-refractivity contribution in [1.82, 2.24) is 0 Å². The summed E-state index contributed by atoms with van der Waals surface area (Å²) in [7, 11) is 0. The van der Waals surface area contributed by atoms with E-state index in [0.717, 1.165) is 11.6 Å². The van der Waals surface area contributed by atoms with Gasteiger partial charge in [-0.05, 0) is 43.7 Å². The van der Waals surface area contributed by atoms with Crippen LogP contribution < -0.4 is 15.0 Å². The zero-order chi connectivity index (χ0) is 18.2. The number of urea groups is 1. The number of nitrogens with zero attached hydrogens (tertiary/aromatic N) is 1. The van der Waals surface area contributed by atoms with E-state index < -0.39 is 17.8 Å². The maximum Gasteiger partial charge on any atom is 0.418 e. The fraction of sp³-hybridized carbons (Fsp3) is 0.278. The number of para-hydroxylation sites is 1. The summed E-state index contributed by atoms with van der Waals surface area (Å²) in [4.78, 5) is 14.1. The summed E-state index contributed by atoms with van der Waals surface area (Å²) >= 11 is 0. The minimum absolute atomic E-state index is 0.246. The fourth-order valence-corrected chi connectivity index (χ4v) is 2.76. The van der Waals surface area contributed by atoms with Crippen molar-refractivity contribution in [3.8, 4) is 5.75 Å². The maximum absolute atomic E-state index is 13.1. The van der Waals surface area contributed by atoms with Crippen LogP contribution in [0.15, 0.2) is 42.5 Å². The molecule has 1 atom stereocenters. The molecule has 1 N–H and O–H groups in total. The molecule has 0 spiro atoms. The lowest BCUT2D eigenvalue weighted by molar-refractivity contribution is -0.136. The summed E-state index contributed by atoms with van der Waals surface area (Å²) in [6.45, 7) is 3.91. The predicted octanol–water partition coefficient (Wildman–Crippen LogP) is 4.83. The quantitative estimate of drug-likeness (QED) is 0.800. The lowest BCUT2D eigenvalue weighted by Gasteiger charge is -2.33. The number of rotatable bonds is 1. The van der Waals surface area contributed by atoms with Gasteiger partial charge in [-0.3, -0.25) is 4.90 Å². The first-order chi connectivity index (χ1) is 11.8. The fourth-order valence-electron chi connectivity index (χ4n) is 2.76. The molecular formula is C18H17F3N2O2. The van der Waals surface area contributed by atoms with Crippen molar-refractivity contribution < 1.29 is 22.7 Å². The van der Waals surface area contributed by atoms with E-state index in [9.17, 15) is 18.0 Å². The molecule has 0 fully saturated rings. The van der Waals surface area contributed by atoms with Crippen LogP contribution >= 0.6 is 0 Å². The third-order valence-corrected chi connectivity index (χ3v) is 3.89. The second-order valence-corrected chi connectivity index (χ2v) is 5.98. The van der Waals surface area contributed by atoms with Crippen molar-refractivity contribution in [3.63, 3.8) is 0 Å². The Kier molecular flexibility index (Phi) is 4.32. The number of benzene rings is 2. The molecule has 2 aromatic carbocycles. The van der Waals surface area contributed by atoms with Gasteiger partial charge in [-0.2, -0.15) is 13.2 Å². The largest absolute Gasteiger partial charge is 0.487 e. The standard InChI is InChI=1S/C18H17F3N2O2/c1-11-7-8-16-15(9-11)23(10-12(2)25-16)17(24)22-14-6-4-3-5-13(14)18(19,20)21/h3-9,12H,10H2,1-2H3,(H,22,24). The van der Waals surface area contributed by atoms with Crippen LogP contribution in [-0.2, 0) is 6.18 Å². The SMILES string of the molecule is Cc1ccc2c(c1)N(C(=O)Nc1ccccc1C(F)(F)F)CC(C)O2. The van der Waals surface area contributed by atoms with Crippen LogP contribution in [0, 0.1) is 6.92 Å². The Morgan fingerprint density at radius 2 is 1.96 bits per heavy atom. The third kappa shape index (κ3) is 3.55. The van der Waals surface area contributed by atoms with Gasteiger partial charge in [-0.25, -0.2) is 4.79 Å². The number of carbonyl (C=O) groups excluding carboxylic acids is 1. The lowest BCUT2D eigenvalue weighted by atomic mass is 10.1. The van der Waals surface area contributed by atoms with Crippen molar-refractivity contribution in [2.45, 2.75) is 26.1 Å². The number of hydrogen-bond donors (Lipinski definition) is 1. The molecule has 1 aliphatic heterocycles. The molecule has 0 saturated carbocycles. The number of halogens is 3. The van der Waals surface area contributed by atoms with Crippen LogP contribution in [0.1, 0.15) is 18.1 Å². The Morgan fingerprint density at radius 1 is 1.24 bits per heavy atom. The van der Waals surface area contributed by atoms with E-state index in [4.69, 9.17) is 4.74 Å². The number of nitrogens with one attached hydrogen (secondary N) is 1. The van der Waals surface area contributed by atoms with Gasteiger partial charge in [0, 0.05) is 0 Å². The van der Waals surface area contributed by atoms with Crippen molar-refractivity contribution in [2.75, 3.05) is 16.8 Å². The van der Waals surface area contributed by atoms with Crippen LogP contribution in [0.3, 0.4) is 0 Å². The third-order valence-electron chi connectivity index (χ3n) is 3.89. The highest BCUT2D eigenvalue weighted by Crippen LogP contribution is 2.37. The molecule has 25 heavy (non-hydrogen) atoms. The second-order valence-electron chi connectivity index (χ2n) is 5.98. The van der Waals surface area contributed by atoms with E-state index in [-0.39, 0.29) is 18.3 Å². The first-order valence-corrected chi connectivity index (χ1v) is 7.78. The molecule has 2 aromatic rings. The molecule has 0 saturated heterocycles. The van der Waals surface area contributed by atoms with E-state index in [0.29, 0.717) is 11.4 Å². The van der Waals surface area contributed by atoms with Crippen LogP contribution in [0.25, 0.3) is 0 Å². The monoisotopic (exact) mass is 350 g/mol. The van der Waals surface area contributed by atoms with Crippen LogP contribution in [-0.4, -0.2) is 18.7 Å². The molecule has 0 bridgehead atoms. The minimum Gasteiger partial charge on any atom is -0.487 e. The Labute approximate surface area is 143 Å². The Balaban J connectivity index is 1.92. The molecule has 1 heterocycles. The molecule has 0 aromatic heterocycles. The molecule has 7 heteroatoms. The molecule has 132 valence electrons. The normalized spacial score (nSPS) is 16.8. The second kappa shape index (κ2) is 6.31. The van der Waals surface area contributed by atoms with E-state index in [1.807, 2.05) is 13.0 Å². The van der Waals surface area contributed by atoms with Crippen molar-refractivity contribution >= 4 is 17.4 Å². The Hall–Kier alpha value is -2.70. The number of aryl methyl sites for hydroxylation is 1. The van der Waals surface area contributed by atoms with Gasteiger partial charge in [0.2, 0.25) is 0 Å². The Morgan fingerprint density at radius 3 is 2.68 bits per heavy atom. The van der Waals surface area contributed by atoms with Crippen molar-refractivity contribution in [1.29, 1.82) is 0 Å². The van der Waals surface area contributed by atoms with Crippen molar-refractivity contribution in [3.05, 3.63) is 53.6 Å². The molecule has 0 radical (unpaired) electrons. The number of fused-ring (bicyclic) bond motifs is 1. The van der Waals surface area contributed by atoms with Crippen LogP contribution in [0.4, 0.5) is 29.3 Å².